The van der Waals surface area contributed by atoms with Gasteiger partial charge in [-0.2, -0.15) is 0 Å². The molecule has 0 saturated heterocycles. The van der Waals surface area contributed by atoms with Gasteiger partial charge in [-0.25, -0.2) is 0 Å². The van der Waals surface area contributed by atoms with Crippen LogP contribution in [0, 0.1) is 0 Å². The molecule has 0 saturated carbocycles. The Morgan fingerprint density at radius 3 is 2.10 bits per heavy atom. The van der Waals surface area contributed by atoms with Crippen molar-refractivity contribution < 1.29 is 19.1 Å². The zero-order chi connectivity index (χ0) is 28.3. The van der Waals surface area contributed by atoms with Gasteiger partial charge in [0.2, 0.25) is 5.91 Å². The van der Waals surface area contributed by atoms with E-state index in [1.165, 1.54) is 6.08 Å². The summed E-state index contributed by atoms with van der Waals surface area (Å²) >= 11 is 5.31. The van der Waals surface area contributed by atoms with Crippen LogP contribution in [0.15, 0.2) is 103 Å². The molecule has 0 fully saturated rings. The number of nitrogens with one attached hydrogen (secondary N) is 4. The van der Waals surface area contributed by atoms with E-state index in [1.807, 2.05) is 54.6 Å². The van der Waals surface area contributed by atoms with Gasteiger partial charge in [0.05, 0.1) is 25.5 Å². The van der Waals surface area contributed by atoms with Crippen molar-refractivity contribution in [1.82, 2.24) is 5.32 Å². The number of thiocarbonyl (C=S) groups is 1. The second-order valence-corrected chi connectivity index (χ2v) is 8.87. The first-order valence-electron chi connectivity index (χ1n) is 12.3. The van der Waals surface area contributed by atoms with Gasteiger partial charge in [0.25, 0.3) is 5.91 Å². The van der Waals surface area contributed by atoms with Gasteiger partial charge in [0.1, 0.15) is 0 Å². The van der Waals surface area contributed by atoms with Crippen LogP contribution in [0.5, 0.6) is 11.5 Å². The van der Waals surface area contributed by atoms with Crippen molar-refractivity contribution in [1.29, 1.82) is 0 Å². The van der Waals surface area contributed by atoms with E-state index in [-0.39, 0.29) is 11.0 Å². The Hall–Kier alpha value is -5.15. The second-order valence-electron chi connectivity index (χ2n) is 8.46. The number of ether oxygens (including phenoxy) is 2. The number of para-hydroxylation sites is 2. The monoisotopic (exact) mass is 552 g/mol. The van der Waals surface area contributed by atoms with Gasteiger partial charge in [0.15, 0.2) is 16.6 Å². The summed E-state index contributed by atoms with van der Waals surface area (Å²) in [5, 5.41) is 11.8. The van der Waals surface area contributed by atoms with Gasteiger partial charge < -0.3 is 25.4 Å². The predicted molar refractivity (Wildman–Crippen MR) is 164 cm³/mol. The van der Waals surface area contributed by atoms with Crippen LogP contribution in [0.4, 0.5) is 22.7 Å². The molecule has 0 unspecified atom stereocenters. The smallest absolute Gasteiger partial charge is 0.257 e. The van der Waals surface area contributed by atoms with Gasteiger partial charge in [-0.1, -0.05) is 36.4 Å². The largest absolute Gasteiger partial charge is 0.493 e. The third kappa shape index (κ3) is 7.68. The van der Waals surface area contributed by atoms with Crippen molar-refractivity contribution in [2.24, 2.45) is 0 Å². The van der Waals surface area contributed by atoms with Crippen LogP contribution in [0.3, 0.4) is 0 Å². The van der Waals surface area contributed by atoms with Crippen molar-refractivity contribution in [3.8, 4) is 11.5 Å². The fourth-order valence-electron chi connectivity index (χ4n) is 3.75. The highest BCUT2D eigenvalue weighted by Gasteiger charge is 2.13. The highest BCUT2D eigenvalue weighted by atomic mass is 32.1. The van der Waals surface area contributed by atoms with Crippen LogP contribution in [0.1, 0.15) is 15.9 Å². The van der Waals surface area contributed by atoms with Crippen LogP contribution in [0.2, 0.25) is 0 Å². The lowest BCUT2D eigenvalue weighted by atomic mass is 10.1. The van der Waals surface area contributed by atoms with Crippen molar-refractivity contribution in [2.45, 2.75) is 0 Å². The molecule has 0 radical (unpaired) electrons. The van der Waals surface area contributed by atoms with E-state index >= 15 is 0 Å². The SMILES string of the molecule is COc1ccc(/C=C/C(=O)NC(=S)Nc2ccccc2C(=O)Nc2ccc(Nc3ccccc3)cc2)cc1OC. The van der Waals surface area contributed by atoms with Crippen LogP contribution < -0.4 is 30.7 Å². The topological polar surface area (TPSA) is 101 Å². The number of methoxy groups -OCH3 is 2. The molecule has 2 amide bonds. The van der Waals surface area contributed by atoms with E-state index in [9.17, 15) is 9.59 Å². The molecule has 40 heavy (non-hydrogen) atoms. The number of carbonyl (C=O) groups excluding carboxylic acids is 2. The van der Waals surface area contributed by atoms with E-state index in [1.54, 1.807) is 62.8 Å². The molecule has 4 aromatic carbocycles. The fourth-order valence-corrected chi connectivity index (χ4v) is 3.96. The normalized spacial score (nSPS) is 10.4. The average molecular weight is 553 g/mol. The summed E-state index contributed by atoms with van der Waals surface area (Å²) in [4.78, 5) is 25.5. The molecule has 4 aromatic rings. The lowest BCUT2D eigenvalue weighted by Crippen LogP contribution is -2.33. The predicted octanol–water partition coefficient (Wildman–Crippen LogP) is 6.23. The number of anilines is 4. The first-order valence-corrected chi connectivity index (χ1v) is 12.7. The number of benzene rings is 4. The number of hydrogen-bond donors (Lipinski definition) is 4. The Labute approximate surface area is 238 Å². The Morgan fingerprint density at radius 1 is 0.725 bits per heavy atom. The zero-order valence-electron chi connectivity index (χ0n) is 21.9. The molecule has 202 valence electrons. The van der Waals surface area contributed by atoms with Gasteiger partial charge in [0, 0.05) is 23.1 Å². The first kappa shape index (κ1) is 27.9. The summed E-state index contributed by atoms with van der Waals surface area (Å²) < 4.78 is 10.5. The maximum absolute atomic E-state index is 13.0. The maximum atomic E-state index is 13.0. The molecule has 4 rings (SSSR count). The third-order valence-corrected chi connectivity index (χ3v) is 5.90. The Morgan fingerprint density at radius 2 is 1.38 bits per heavy atom. The molecule has 0 spiro atoms. The number of amides is 2. The van der Waals surface area contributed by atoms with Crippen molar-refractivity contribution >= 4 is 58.0 Å². The minimum Gasteiger partial charge on any atom is -0.493 e. The van der Waals surface area contributed by atoms with Crippen molar-refractivity contribution in [3.63, 3.8) is 0 Å². The lowest BCUT2D eigenvalue weighted by Gasteiger charge is -2.13. The Bertz CT molecular complexity index is 1520. The molecular formula is C31H28N4O4S. The standard InChI is InChI=1S/C31H28N4O4S/c1-38-27-18-12-21(20-28(27)39-2)13-19-29(36)35-31(40)34-26-11-7-6-10-25(26)30(37)33-24-16-14-23(15-17-24)32-22-8-4-3-5-9-22/h3-20,32H,1-2H3,(H,33,37)(H2,34,35,36,40)/b19-13+. The third-order valence-electron chi connectivity index (χ3n) is 5.70. The highest BCUT2D eigenvalue weighted by Crippen LogP contribution is 2.28. The molecule has 4 N–H and O–H groups in total. The van der Waals surface area contributed by atoms with Crippen LogP contribution >= 0.6 is 12.2 Å². The molecule has 9 heteroatoms. The van der Waals surface area contributed by atoms with Crippen LogP contribution in [-0.4, -0.2) is 31.1 Å². The summed E-state index contributed by atoms with van der Waals surface area (Å²) in [6.45, 7) is 0. The van der Waals surface area contributed by atoms with E-state index < -0.39 is 5.91 Å². The Kier molecular flexibility index (Phi) is 9.47. The van der Waals surface area contributed by atoms with E-state index in [2.05, 4.69) is 21.3 Å². The van der Waals surface area contributed by atoms with Gasteiger partial charge in [-0.3, -0.25) is 14.9 Å². The molecule has 0 aromatic heterocycles. The summed E-state index contributed by atoms with van der Waals surface area (Å²) in [5.41, 5.74) is 4.07. The lowest BCUT2D eigenvalue weighted by molar-refractivity contribution is -0.115. The van der Waals surface area contributed by atoms with Gasteiger partial charge >= 0.3 is 0 Å². The Balaban J connectivity index is 1.34. The molecule has 0 heterocycles. The van der Waals surface area contributed by atoms with E-state index in [4.69, 9.17) is 21.7 Å². The molecule has 0 atom stereocenters. The molecular weight excluding hydrogens is 524 g/mol. The minimum atomic E-state index is -0.432. The molecule has 8 nitrogen and oxygen atoms in total. The number of hydrogen-bond acceptors (Lipinski definition) is 6. The summed E-state index contributed by atoms with van der Waals surface area (Å²) in [5.74, 6) is 0.388. The molecule has 0 bridgehead atoms. The summed E-state index contributed by atoms with van der Waals surface area (Å²) in [6.07, 6.45) is 2.98. The molecule has 0 aliphatic rings. The first-order chi connectivity index (χ1) is 19.4. The maximum Gasteiger partial charge on any atom is 0.257 e. The van der Waals surface area contributed by atoms with Crippen LogP contribution in [0.25, 0.3) is 6.08 Å². The van der Waals surface area contributed by atoms with E-state index in [0.29, 0.717) is 28.4 Å². The quantitative estimate of drug-likeness (QED) is 0.144. The zero-order valence-corrected chi connectivity index (χ0v) is 22.8. The van der Waals surface area contributed by atoms with Crippen molar-refractivity contribution in [2.75, 3.05) is 30.2 Å². The number of rotatable bonds is 9. The average Bonchev–Trinajstić information content (AvgIpc) is 2.97. The van der Waals surface area contributed by atoms with E-state index in [0.717, 1.165) is 16.9 Å². The van der Waals surface area contributed by atoms with Crippen molar-refractivity contribution in [3.05, 3.63) is 114 Å². The summed E-state index contributed by atoms with van der Waals surface area (Å²) in [7, 11) is 3.10. The van der Waals surface area contributed by atoms with Gasteiger partial charge in [-0.05, 0) is 84.5 Å². The minimum absolute atomic E-state index is 0.0542. The second kappa shape index (κ2) is 13.6. The summed E-state index contributed by atoms with van der Waals surface area (Å²) in [6, 6.07) is 29.4. The highest BCUT2D eigenvalue weighted by molar-refractivity contribution is 7.80. The van der Waals surface area contributed by atoms with Gasteiger partial charge in [-0.15, -0.1) is 0 Å². The van der Waals surface area contributed by atoms with Crippen LogP contribution in [-0.2, 0) is 4.79 Å². The fraction of sp³-hybridized carbons (Fsp3) is 0.0645. The molecule has 0 aliphatic heterocycles. The molecule has 0 aliphatic carbocycles. The number of carbonyl (C=O) groups is 2.